The van der Waals surface area contributed by atoms with Crippen molar-refractivity contribution in [1.29, 1.82) is 5.26 Å². The zero-order valence-electron chi connectivity index (χ0n) is 7.49. The average molecular weight is 268 g/mol. The van der Waals surface area contributed by atoms with Gasteiger partial charge in [0.05, 0.1) is 10.6 Å². The fraction of sp³-hybridized carbons (Fsp3) is 0.143. The minimum absolute atomic E-state index is 0.433. The Kier molecular flexibility index (Phi) is 3.42. The molecule has 0 aliphatic carbocycles. The molecule has 16 heavy (non-hydrogen) atoms. The van der Waals surface area contributed by atoms with Crippen molar-refractivity contribution in [3.8, 4) is 6.07 Å². The minimum Gasteiger partial charge on any atom is -0.232 e. The molecular formula is C7H4ClF2N3O2S. The van der Waals surface area contributed by atoms with Crippen LogP contribution < -0.4 is 5.14 Å². The van der Waals surface area contributed by atoms with Gasteiger partial charge in [0.15, 0.2) is 5.03 Å². The van der Waals surface area contributed by atoms with Crippen molar-refractivity contribution in [3.05, 3.63) is 22.3 Å². The first-order valence-electron chi connectivity index (χ1n) is 3.69. The van der Waals surface area contributed by atoms with Gasteiger partial charge >= 0.3 is 0 Å². The lowest BCUT2D eigenvalue weighted by atomic mass is 10.2. The number of nitriles is 1. The van der Waals surface area contributed by atoms with Crippen LogP contribution in [0.2, 0.25) is 5.02 Å². The smallest absolute Gasteiger partial charge is 0.232 e. The van der Waals surface area contributed by atoms with Crippen LogP contribution in [0.15, 0.2) is 11.1 Å². The molecule has 1 rings (SSSR count). The molecule has 9 heteroatoms. The van der Waals surface area contributed by atoms with Gasteiger partial charge in [-0.25, -0.2) is 27.3 Å². The number of nitrogens with zero attached hydrogens (tertiary/aromatic N) is 2. The number of rotatable bonds is 2. The van der Waals surface area contributed by atoms with Crippen molar-refractivity contribution in [2.75, 3.05) is 0 Å². The molecule has 0 bridgehead atoms. The van der Waals surface area contributed by atoms with Crippen molar-refractivity contribution in [1.82, 2.24) is 4.98 Å². The zero-order chi connectivity index (χ0) is 12.5. The van der Waals surface area contributed by atoms with E-state index in [1.807, 2.05) is 0 Å². The summed E-state index contributed by atoms with van der Waals surface area (Å²) >= 11 is 5.47. The first-order valence-corrected chi connectivity index (χ1v) is 5.61. The van der Waals surface area contributed by atoms with Gasteiger partial charge in [0.1, 0.15) is 11.8 Å². The second kappa shape index (κ2) is 4.29. The Labute approximate surface area is 94.5 Å². The minimum atomic E-state index is -4.24. The molecule has 5 nitrogen and oxygen atoms in total. The van der Waals surface area contributed by atoms with E-state index in [1.54, 1.807) is 0 Å². The van der Waals surface area contributed by atoms with Crippen LogP contribution >= 0.6 is 11.6 Å². The van der Waals surface area contributed by atoms with E-state index in [4.69, 9.17) is 22.0 Å². The second-order valence-electron chi connectivity index (χ2n) is 2.66. The van der Waals surface area contributed by atoms with Gasteiger partial charge in [0.25, 0.3) is 16.4 Å². The van der Waals surface area contributed by atoms with E-state index in [9.17, 15) is 17.2 Å². The van der Waals surface area contributed by atoms with Crippen LogP contribution in [-0.4, -0.2) is 13.4 Å². The Hall–Kier alpha value is -1.30. The summed E-state index contributed by atoms with van der Waals surface area (Å²) in [4.78, 5) is 3.11. The quantitative estimate of drug-likeness (QED) is 0.870. The van der Waals surface area contributed by atoms with Crippen LogP contribution in [0.3, 0.4) is 0 Å². The van der Waals surface area contributed by atoms with E-state index in [0.717, 1.165) is 6.07 Å². The Morgan fingerprint density at radius 1 is 1.56 bits per heavy atom. The molecule has 86 valence electrons. The molecule has 0 aromatic carbocycles. The SMILES string of the molecule is N#Cc1c(Cl)cc(S(N)(=O)=O)nc1C(F)F. The van der Waals surface area contributed by atoms with Gasteiger partial charge in [0.2, 0.25) is 0 Å². The number of halogens is 3. The van der Waals surface area contributed by atoms with E-state index in [2.05, 4.69) is 4.98 Å². The monoisotopic (exact) mass is 267 g/mol. The van der Waals surface area contributed by atoms with E-state index in [0.29, 0.717) is 0 Å². The highest BCUT2D eigenvalue weighted by molar-refractivity contribution is 7.89. The number of sulfonamides is 1. The highest BCUT2D eigenvalue weighted by Crippen LogP contribution is 2.27. The van der Waals surface area contributed by atoms with Crippen molar-refractivity contribution in [2.24, 2.45) is 5.14 Å². The molecule has 1 aromatic heterocycles. The Morgan fingerprint density at radius 2 is 2.12 bits per heavy atom. The molecular weight excluding hydrogens is 264 g/mol. The topological polar surface area (TPSA) is 96.8 Å². The molecule has 0 unspecified atom stereocenters. The molecule has 2 N–H and O–H groups in total. The van der Waals surface area contributed by atoms with Gasteiger partial charge < -0.3 is 0 Å². The van der Waals surface area contributed by atoms with Crippen LogP contribution in [0.1, 0.15) is 17.7 Å². The molecule has 0 atom stereocenters. The number of pyridine rings is 1. The predicted octanol–water partition coefficient (Wildman–Crippen LogP) is 1.19. The Morgan fingerprint density at radius 3 is 2.50 bits per heavy atom. The van der Waals surface area contributed by atoms with E-state index >= 15 is 0 Å². The normalized spacial score (nSPS) is 11.5. The number of aromatic nitrogens is 1. The molecule has 0 saturated carbocycles. The maximum atomic E-state index is 12.5. The van der Waals surface area contributed by atoms with E-state index in [-0.39, 0.29) is 0 Å². The fourth-order valence-electron chi connectivity index (χ4n) is 0.924. The summed E-state index contributed by atoms with van der Waals surface area (Å²) in [7, 11) is -4.24. The first-order chi connectivity index (χ1) is 7.27. The van der Waals surface area contributed by atoms with Crippen molar-refractivity contribution in [2.45, 2.75) is 11.5 Å². The Balaban J connectivity index is 3.61. The summed E-state index contributed by atoms with van der Waals surface area (Å²) in [6.45, 7) is 0. The van der Waals surface area contributed by atoms with Gasteiger partial charge in [-0.2, -0.15) is 5.26 Å². The van der Waals surface area contributed by atoms with Crippen molar-refractivity contribution in [3.63, 3.8) is 0 Å². The number of hydrogen-bond acceptors (Lipinski definition) is 4. The summed E-state index contributed by atoms with van der Waals surface area (Å²) in [5, 5.41) is 12.0. The molecule has 1 aromatic rings. The van der Waals surface area contributed by atoms with Crippen LogP contribution in [0, 0.1) is 11.3 Å². The van der Waals surface area contributed by atoms with Gasteiger partial charge in [0, 0.05) is 0 Å². The van der Waals surface area contributed by atoms with Crippen molar-refractivity contribution >= 4 is 21.6 Å². The van der Waals surface area contributed by atoms with Crippen LogP contribution in [0.4, 0.5) is 8.78 Å². The van der Waals surface area contributed by atoms with Crippen LogP contribution in [-0.2, 0) is 10.0 Å². The summed E-state index contributed by atoms with van der Waals surface area (Å²) in [5.74, 6) is 0. The average Bonchev–Trinajstić information content (AvgIpc) is 2.14. The maximum absolute atomic E-state index is 12.5. The lowest BCUT2D eigenvalue weighted by Gasteiger charge is -2.06. The molecule has 0 fully saturated rings. The highest BCUT2D eigenvalue weighted by Gasteiger charge is 2.22. The van der Waals surface area contributed by atoms with Gasteiger partial charge in [-0.05, 0) is 6.07 Å². The lowest BCUT2D eigenvalue weighted by Crippen LogP contribution is -2.15. The van der Waals surface area contributed by atoms with Gasteiger partial charge in [-0.3, -0.25) is 0 Å². The molecule has 0 radical (unpaired) electrons. The molecule has 0 aliphatic rings. The van der Waals surface area contributed by atoms with Crippen LogP contribution in [0.5, 0.6) is 0 Å². The Bertz CT molecular complexity index is 568. The first kappa shape index (κ1) is 12.8. The third kappa shape index (κ3) is 2.44. The molecule has 0 amide bonds. The van der Waals surface area contributed by atoms with Gasteiger partial charge in [-0.15, -0.1) is 0 Å². The molecule has 1 heterocycles. The third-order valence-corrected chi connectivity index (χ3v) is 2.68. The highest BCUT2D eigenvalue weighted by atomic mass is 35.5. The third-order valence-electron chi connectivity index (χ3n) is 1.59. The maximum Gasteiger partial charge on any atom is 0.281 e. The summed E-state index contributed by atoms with van der Waals surface area (Å²) < 4.78 is 46.7. The van der Waals surface area contributed by atoms with Crippen molar-refractivity contribution < 1.29 is 17.2 Å². The fourth-order valence-corrected chi connectivity index (χ4v) is 1.74. The standard InChI is InChI=1S/C7H4ClF2N3O2S/c8-4-1-5(16(12,14)15)13-6(7(9)10)3(4)2-11/h1,7H,(H2,12,14,15). The number of alkyl halides is 2. The molecule has 0 spiro atoms. The number of primary sulfonamides is 1. The number of nitrogens with two attached hydrogens (primary N) is 1. The predicted molar refractivity (Wildman–Crippen MR) is 50.3 cm³/mol. The summed E-state index contributed by atoms with van der Waals surface area (Å²) in [6.07, 6.45) is -3.12. The summed E-state index contributed by atoms with van der Waals surface area (Å²) in [5.41, 5.74) is -1.57. The zero-order valence-corrected chi connectivity index (χ0v) is 9.06. The molecule has 0 saturated heterocycles. The van der Waals surface area contributed by atoms with Gasteiger partial charge in [-0.1, -0.05) is 11.6 Å². The van der Waals surface area contributed by atoms with E-state index in [1.165, 1.54) is 6.07 Å². The second-order valence-corrected chi connectivity index (χ2v) is 4.58. The lowest BCUT2D eigenvalue weighted by molar-refractivity contribution is 0.145. The molecule has 0 aliphatic heterocycles. The number of hydrogen-bond donors (Lipinski definition) is 1. The van der Waals surface area contributed by atoms with Crippen LogP contribution in [0.25, 0.3) is 0 Å². The summed E-state index contributed by atoms with van der Waals surface area (Å²) in [6, 6.07) is 2.17. The van der Waals surface area contributed by atoms with E-state index < -0.39 is 37.8 Å². The largest absolute Gasteiger partial charge is 0.281 e.